The van der Waals surface area contributed by atoms with Gasteiger partial charge in [-0.2, -0.15) is 0 Å². The lowest BCUT2D eigenvalue weighted by Gasteiger charge is -2.33. The molecule has 5 heteroatoms. The van der Waals surface area contributed by atoms with E-state index < -0.39 is 0 Å². The Kier molecular flexibility index (Phi) is 6.71. The predicted octanol–water partition coefficient (Wildman–Crippen LogP) is 10.9. The molecule has 2 aromatic heterocycles. The molecule has 0 saturated heterocycles. The van der Waals surface area contributed by atoms with Crippen LogP contribution in [0.1, 0.15) is 17.4 Å². The molecule has 0 bridgehead atoms. The van der Waals surface area contributed by atoms with Gasteiger partial charge in [-0.3, -0.25) is 0 Å². The fraction of sp³-hybridized carbons (Fsp3) is 0.0435. The van der Waals surface area contributed by atoms with E-state index in [1.807, 2.05) is 24.3 Å². The second kappa shape index (κ2) is 11.7. The molecule has 9 aromatic rings. The SMILES string of the molecule is CN1C(c2ccccc2)=NC(c2ccccc2)=NC1n1c2ccccc2c2cc(-c3ccc4c(c3)c3ccccc3n4-c3ccccc3)ccc21. The second-order valence-corrected chi connectivity index (χ2v) is 13.1. The van der Waals surface area contributed by atoms with Gasteiger partial charge in [0.05, 0.1) is 22.1 Å². The average Bonchev–Trinajstić information content (AvgIpc) is 3.71. The molecule has 0 saturated carbocycles. The van der Waals surface area contributed by atoms with Crippen molar-refractivity contribution in [3.8, 4) is 16.8 Å². The van der Waals surface area contributed by atoms with Gasteiger partial charge in [0.1, 0.15) is 5.84 Å². The first-order chi connectivity index (χ1) is 25.2. The van der Waals surface area contributed by atoms with Gasteiger partial charge in [-0.15, -0.1) is 0 Å². The zero-order chi connectivity index (χ0) is 33.9. The van der Waals surface area contributed by atoms with Crippen molar-refractivity contribution in [2.45, 2.75) is 6.29 Å². The highest BCUT2D eigenvalue weighted by Gasteiger charge is 2.29. The first kappa shape index (κ1) is 29.2. The lowest BCUT2D eigenvalue weighted by atomic mass is 10.0. The van der Waals surface area contributed by atoms with E-state index in [0.29, 0.717) is 0 Å². The number of hydrogen-bond acceptors (Lipinski definition) is 3. The lowest BCUT2D eigenvalue weighted by molar-refractivity contribution is 0.297. The third-order valence-corrected chi connectivity index (χ3v) is 10.2. The number of para-hydroxylation sites is 3. The standard InChI is InChI=1S/C46H33N5/c1-49-45(32-17-7-3-8-18-32)47-44(31-15-5-2-6-16-31)48-46(49)51-41-24-14-12-22-37(41)39-30-34(26-28-43(39)51)33-25-27-42-38(29-33)36-21-11-13-23-40(36)50(42)35-19-9-4-10-20-35/h2-30,46H,1H3. The van der Waals surface area contributed by atoms with Crippen molar-refractivity contribution < 1.29 is 0 Å². The van der Waals surface area contributed by atoms with E-state index in [0.717, 1.165) is 39.5 Å². The first-order valence-electron chi connectivity index (χ1n) is 17.3. The Morgan fingerprint density at radius 2 is 0.922 bits per heavy atom. The number of rotatable bonds is 5. The summed E-state index contributed by atoms with van der Waals surface area (Å²) in [5.74, 6) is 1.61. The fourth-order valence-electron chi connectivity index (χ4n) is 7.77. The molecule has 0 radical (unpaired) electrons. The monoisotopic (exact) mass is 655 g/mol. The highest BCUT2D eigenvalue weighted by atomic mass is 15.4. The third-order valence-electron chi connectivity index (χ3n) is 10.2. The van der Waals surface area contributed by atoms with Gasteiger partial charge in [-0.05, 0) is 59.7 Å². The maximum absolute atomic E-state index is 5.34. The second-order valence-electron chi connectivity index (χ2n) is 13.1. The van der Waals surface area contributed by atoms with E-state index in [-0.39, 0.29) is 6.29 Å². The molecule has 0 N–H and O–H groups in total. The molecule has 10 rings (SSSR count). The zero-order valence-electron chi connectivity index (χ0n) is 28.1. The molecular formula is C46H33N5. The predicted molar refractivity (Wildman–Crippen MR) is 212 cm³/mol. The van der Waals surface area contributed by atoms with Crippen molar-refractivity contribution in [3.05, 3.63) is 187 Å². The topological polar surface area (TPSA) is 37.8 Å². The Morgan fingerprint density at radius 1 is 0.431 bits per heavy atom. The maximum Gasteiger partial charge on any atom is 0.206 e. The van der Waals surface area contributed by atoms with Crippen LogP contribution in [0.4, 0.5) is 0 Å². The summed E-state index contributed by atoms with van der Waals surface area (Å²) in [6.45, 7) is 0. The summed E-state index contributed by atoms with van der Waals surface area (Å²) in [6.07, 6.45) is -0.346. The van der Waals surface area contributed by atoms with E-state index in [1.54, 1.807) is 0 Å². The molecule has 7 aromatic carbocycles. The van der Waals surface area contributed by atoms with Crippen LogP contribution in [0.5, 0.6) is 0 Å². The Morgan fingerprint density at radius 3 is 1.61 bits per heavy atom. The summed E-state index contributed by atoms with van der Waals surface area (Å²) in [5.41, 5.74) is 10.3. The van der Waals surface area contributed by atoms with Crippen molar-refractivity contribution in [2.24, 2.45) is 9.98 Å². The molecule has 51 heavy (non-hydrogen) atoms. The van der Waals surface area contributed by atoms with Crippen molar-refractivity contribution in [2.75, 3.05) is 7.05 Å². The average molecular weight is 656 g/mol. The van der Waals surface area contributed by atoms with Gasteiger partial charge in [0, 0.05) is 45.4 Å². The van der Waals surface area contributed by atoms with Gasteiger partial charge in [-0.25, -0.2) is 9.98 Å². The van der Waals surface area contributed by atoms with Gasteiger partial charge < -0.3 is 14.0 Å². The molecule has 1 aliphatic rings. The fourth-order valence-corrected chi connectivity index (χ4v) is 7.77. The van der Waals surface area contributed by atoms with Crippen LogP contribution >= 0.6 is 0 Å². The van der Waals surface area contributed by atoms with Crippen LogP contribution in [0, 0.1) is 0 Å². The Labute approximate surface area is 295 Å². The molecule has 0 spiro atoms. The number of nitrogens with zero attached hydrogens (tertiary/aromatic N) is 5. The molecule has 3 heterocycles. The summed E-state index contributed by atoms with van der Waals surface area (Å²) in [7, 11) is 2.10. The summed E-state index contributed by atoms with van der Waals surface area (Å²) in [4.78, 5) is 12.7. The number of fused-ring (bicyclic) bond motifs is 6. The molecule has 0 aliphatic carbocycles. The van der Waals surface area contributed by atoms with Crippen LogP contribution in [0.15, 0.2) is 186 Å². The van der Waals surface area contributed by atoms with Crippen molar-refractivity contribution >= 4 is 55.3 Å². The minimum absolute atomic E-state index is 0.346. The van der Waals surface area contributed by atoms with Gasteiger partial charge in [0.15, 0.2) is 5.84 Å². The number of hydrogen-bond donors (Lipinski definition) is 0. The number of aliphatic imine (C=N–C) groups is 2. The number of aromatic nitrogens is 2. The number of amidine groups is 2. The van der Waals surface area contributed by atoms with E-state index in [2.05, 4.69) is 173 Å². The first-order valence-corrected chi connectivity index (χ1v) is 17.3. The molecule has 1 unspecified atom stereocenters. The third kappa shape index (κ3) is 4.70. The van der Waals surface area contributed by atoms with Crippen LogP contribution in [0.3, 0.4) is 0 Å². The van der Waals surface area contributed by atoms with E-state index in [1.165, 1.54) is 43.7 Å². The maximum atomic E-state index is 5.34. The van der Waals surface area contributed by atoms with E-state index in [4.69, 9.17) is 9.98 Å². The van der Waals surface area contributed by atoms with E-state index in [9.17, 15) is 0 Å². The summed E-state index contributed by atoms with van der Waals surface area (Å²) in [6, 6.07) is 62.4. The summed E-state index contributed by atoms with van der Waals surface area (Å²) < 4.78 is 4.73. The molecule has 242 valence electrons. The van der Waals surface area contributed by atoms with Crippen LogP contribution in [-0.4, -0.2) is 32.8 Å². The van der Waals surface area contributed by atoms with Gasteiger partial charge in [-0.1, -0.05) is 127 Å². The van der Waals surface area contributed by atoms with Crippen molar-refractivity contribution in [3.63, 3.8) is 0 Å². The summed E-state index contributed by atoms with van der Waals surface area (Å²) >= 11 is 0. The van der Waals surface area contributed by atoms with Crippen LogP contribution in [-0.2, 0) is 0 Å². The normalized spacial score (nSPS) is 14.8. The van der Waals surface area contributed by atoms with Gasteiger partial charge >= 0.3 is 0 Å². The molecule has 5 nitrogen and oxygen atoms in total. The van der Waals surface area contributed by atoms with Crippen molar-refractivity contribution in [1.29, 1.82) is 0 Å². The van der Waals surface area contributed by atoms with Crippen LogP contribution in [0.2, 0.25) is 0 Å². The minimum atomic E-state index is -0.346. The minimum Gasteiger partial charge on any atom is -0.320 e. The Hall–Kier alpha value is -6.72. The van der Waals surface area contributed by atoms with E-state index >= 15 is 0 Å². The molecule has 1 atom stereocenters. The smallest absolute Gasteiger partial charge is 0.206 e. The molecular weight excluding hydrogens is 623 g/mol. The highest BCUT2D eigenvalue weighted by molar-refractivity contribution is 6.14. The van der Waals surface area contributed by atoms with Gasteiger partial charge in [0.2, 0.25) is 6.29 Å². The van der Waals surface area contributed by atoms with Crippen molar-refractivity contribution in [1.82, 2.24) is 14.0 Å². The summed E-state index contributed by atoms with van der Waals surface area (Å²) in [5, 5.41) is 4.89. The van der Waals surface area contributed by atoms with Gasteiger partial charge in [0.25, 0.3) is 0 Å². The van der Waals surface area contributed by atoms with Crippen LogP contribution in [0.25, 0.3) is 60.4 Å². The molecule has 1 aliphatic heterocycles. The quantitative estimate of drug-likeness (QED) is 0.182. The largest absolute Gasteiger partial charge is 0.320 e. The highest BCUT2D eigenvalue weighted by Crippen LogP contribution is 2.39. The Bertz CT molecular complexity index is 2810. The Balaban J connectivity index is 1.15. The van der Waals surface area contributed by atoms with Crippen LogP contribution < -0.4 is 0 Å². The zero-order valence-corrected chi connectivity index (χ0v) is 28.1. The molecule has 0 fully saturated rings. The number of benzene rings is 7. The lowest BCUT2D eigenvalue weighted by Crippen LogP contribution is -2.38. The molecule has 0 amide bonds.